The second-order valence-corrected chi connectivity index (χ2v) is 7.08. The maximum absolute atomic E-state index is 12.7. The summed E-state index contributed by atoms with van der Waals surface area (Å²) in [4.78, 5) is 30.5. The summed E-state index contributed by atoms with van der Waals surface area (Å²) in [6.07, 6.45) is 3.81. The number of carbonyl (C=O) groups excluding carboxylic acids is 2. The molecule has 1 saturated heterocycles. The van der Waals surface area contributed by atoms with E-state index in [0.29, 0.717) is 30.4 Å². The molecule has 2 aromatic rings. The number of thiocarbonyl (C=S) groups is 1. The molecule has 0 radical (unpaired) electrons. The molecule has 0 bridgehead atoms. The second kappa shape index (κ2) is 8.14. The van der Waals surface area contributed by atoms with Crippen molar-refractivity contribution in [1.82, 2.24) is 19.3 Å². The number of fused-ring (bicyclic) bond motifs is 1. The van der Waals surface area contributed by atoms with E-state index in [2.05, 4.69) is 0 Å². The van der Waals surface area contributed by atoms with E-state index in [1.54, 1.807) is 9.80 Å². The molecular formula is C21H26N4O2S. The van der Waals surface area contributed by atoms with Gasteiger partial charge in [-0.1, -0.05) is 18.2 Å². The molecule has 148 valence electrons. The van der Waals surface area contributed by atoms with Crippen molar-refractivity contribution in [2.75, 3.05) is 26.7 Å². The van der Waals surface area contributed by atoms with Gasteiger partial charge in [-0.15, -0.1) is 0 Å². The maximum atomic E-state index is 12.7. The summed E-state index contributed by atoms with van der Waals surface area (Å²) < 4.78 is 1.96. The second-order valence-electron chi connectivity index (χ2n) is 6.72. The van der Waals surface area contributed by atoms with E-state index in [0.717, 1.165) is 16.5 Å². The van der Waals surface area contributed by atoms with Crippen molar-refractivity contribution >= 4 is 46.1 Å². The highest BCUT2D eigenvalue weighted by atomic mass is 32.1. The summed E-state index contributed by atoms with van der Waals surface area (Å²) in [5, 5.41) is 1.52. The van der Waals surface area contributed by atoms with E-state index in [4.69, 9.17) is 12.2 Å². The number of nitrogens with zero attached hydrogens (tertiary/aromatic N) is 4. The van der Waals surface area contributed by atoms with E-state index in [9.17, 15) is 9.59 Å². The first-order valence-corrected chi connectivity index (χ1v) is 10.0. The number of benzene rings is 1. The van der Waals surface area contributed by atoms with Crippen molar-refractivity contribution in [3.8, 4) is 0 Å². The van der Waals surface area contributed by atoms with Crippen LogP contribution in [-0.2, 0) is 16.1 Å². The minimum atomic E-state index is -0.0916. The van der Waals surface area contributed by atoms with Crippen molar-refractivity contribution in [2.24, 2.45) is 0 Å². The molecule has 1 aliphatic rings. The summed E-state index contributed by atoms with van der Waals surface area (Å²) in [6.45, 7) is 8.06. The standard InChI is InChI=1S/C21H26N4O2S/c1-5-23(6-2)19(26)14-24-13-15(16-10-8-9-11-17(16)24)12-18-20(27)25(7-3)21(28)22(18)4/h8-13H,5-7,14H2,1-4H3/b18-12-. The lowest BCUT2D eigenvalue weighted by molar-refractivity contribution is -0.131. The highest BCUT2D eigenvalue weighted by Crippen LogP contribution is 2.27. The Morgan fingerprint density at radius 3 is 2.46 bits per heavy atom. The number of likely N-dealkylation sites (N-methyl/N-ethyl adjacent to an activating group) is 3. The fourth-order valence-corrected chi connectivity index (χ4v) is 3.89. The number of carbonyl (C=O) groups is 2. The SMILES string of the molecule is CCN(CC)C(=O)Cn1cc(/C=C2/C(=O)N(CC)C(=S)N2C)c2ccccc21. The third-order valence-corrected chi connectivity index (χ3v) is 5.69. The average Bonchev–Trinajstić information content (AvgIpc) is 3.13. The van der Waals surface area contributed by atoms with Crippen LogP contribution in [0.2, 0.25) is 0 Å². The third kappa shape index (κ3) is 3.42. The Labute approximate surface area is 171 Å². The van der Waals surface area contributed by atoms with Gasteiger partial charge >= 0.3 is 0 Å². The molecule has 0 spiro atoms. The van der Waals surface area contributed by atoms with E-state index in [-0.39, 0.29) is 18.4 Å². The summed E-state index contributed by atoms with van der Waals surface area (Å²) in [5.74, 6) is -0.0107. The Kier molecular flexibility index (Phi) is 5.84. The Morgan fingerprint density at radius 1 is 1.18 bits per heavy atom. The normalized spacial score (nSPS) is 15.9. The van der Waals surface area contributed by atoms with Crippen LogP contribution in [-0.4, -0.2) is 62.9 Å². The van der Waals surface area contributed by atoms with Crippen LogP contribution in [0, 0.1) is 0 Å². The highest BCUT2D eigenvalue weighted by molar-refractivity contribution is 7.80. The van der Waals surface area contributed by atoms with Crippen LogP contribution >= 0.6 is 12.2 Å². The zero-order chi connectivity index (χ0) is 20.4. The summed E-state index contributed by atoms with van der Waals surface area (Å²) in [5.41, 5.74) is 2.42. The first-order chi connectivity index (χ1) is 13.4. The molecule has 7 heteroatoms. The number of rotatable bonds is 6. The molecular weight excluding hydrogens is 372 g/mol. The fraction of sp³-hybridized carbons (Fsp3) is 0.381. The van der Waals surface area contributed by atoms with Gasteiger partial charge in [0, 0.05) is 49.3 Å². The maximum Gasteiger partial charge on any atom is 0.276 e. The van der Waals surface area contributed by atoms with Gasteiger partial charge in [0.2, 0.25) is 5.91 Å². The molecule has 6 nitrogen and oxygen atoms in total. The molecule has 0 saturated carbocycles. The van der Waals surface area contributed by atoms with Gasteiger partial charge in [0.1, 0.15) is 12.2 Å². The number of aromatic nitrogens is 1. The molecule has 0 atom stereocenters. The van der Waals surface area contributed by atoms with Gasteiger partial charge in [-0.3, -0.25) is 14.5 Å². The minimum absolute atomic E-state index is 0.0809. The molecule has 2 heterocycles. The molecule has 0 N–H and O–H groups in total. The molecule has 0 unspecified atom stereocenters. The summed E-state index contributed by atoms with van der Waals surface area (Å²) >= 11 is 5.38. The van der Waals surface area contributed by atoms with E-state index < -0.39 is 0 Å². The predicted octanol–water partition coefficient (Wildman–Crippen LogP) is 2.93. The molecule has 2 amide bonds. The zero-order valence-electron chi connectivity index (χ0n) is 16.8. The third-order valence-electron chi connectivity index (χ3n) is 5.19. The lowest BCUT2D eigenvalue weighted by Gasteiger charge is -2.19. The van der Waals surface area contributed by atoms with Gasteiger partial charge in [-0.2, -0.15) is 0 Å². The Hall–Kier alpha value is -2.67. The average molecular weight is 399 g/mol. The van der Waals surface area contributed by atoms with Crippen LogP contribution in [0.3, 0.4) is 0 Å². The largest absolute Gasteiger partial charge is 0.342 e. The van der Waals surface area contributed by atoms with Crippen molar-refractivity contribution in [3.05, 3.63) is 41.7 Å². The van der Waals surface area contributed by atoms with Crippen LogP contribution < -0.4 is 0 Å². The first-order valence-electron chi connectivity index (χ1n) is 9.59. The van der Waals surface area contributed by atoms with Crippen LogP contribution in [0.4, 0.5) is 0 Å². The Morgan fingerprint density at radius 2 is 1.86 bits per heavy atom. The number of amides is 2. The number of hydrogen-bond donors (Lipinski definition) is 0. The molecule has 1 aromatic carbocycles. The smallest absolute Gasteiger partial charge is 0.276 e. The monoisotopic (exact) mass is 398 g/mol. The van der Waals surface area contributed by atoms with Crippen molar-refractivity contribution in [3.63, 3.8) is 0 Å². The number of hydrogen-bond acceptors (Lipinski definition) is 3. The molecule has 1 aromatic heterocycles. The van der Waals surface area contributed by atoms with E-state index in [1.165, 1.54) is 0 Å². The van der Waals surface area contributed by atoms with Crippen LogP contribution in [0.1, 0.15) is 26.3 Å². The van der Waals surface area contributed by atoms with Gasteiger partial charge in [0.25, 0.3) is 5.91 Å². The summed E-state index contributed by atoms with van der Waals surface area (Å²) in [7, 11) is 1.81. The van der Waals surface area contributed by atoms with E-state index in [1.807, 2.05) is 73.8 Å². The predicted molar refractivity (Wildman–Crippen MR) is 116 cm³/mol. The topological polar surface area (TPSA) is 48.8 Å². The molecule has 0 aliphatic carbocycles. The lowest BCUT2D eigenvalue weighted by Crippen LogP contribution is -2.33. The number of para-hydroxylation sites is 1. The highest BCUT2D eigenvalue weighted by Gasteiger charge is 2.34. The lowest BCUT2D eigenvalue weighted by atomic mass is 10.1. The van der Waals surface area contributed by atoms with E-state index >= 15 is 0 Å². The summed E-state index contributed by atoms with van der Waals surface area (Å²) in [6, 6.07) is 7.92. The van der Waals surface area contributed by atoms with Gasteiger partial charge in [0.15, 0.2) is 5.11 Å². The zero-order valence-corrected chi connectivity index (χ0v) is 17.6. The quantitative estimate of drug-likeness (QED) is 0.555. The first kappa shape index (κ1) is 20.1. The Balaban J connectivity index is 2.03. The molecule has 1 fully saturated rings. The van der Waals surface area contributed by atoms with Crippen LogP contribution in [0.15, 0.2) is 36.2 Å². The van der Waals surface area contributed by atoms with Gasteiger partial charge in [0.05, 0.1) is 0 Å². The van der Waals surface area contributed by atoms with Gasteiger partial charge < -0.3 is 14.4 Å². The van der Waals surface area contributed by atoms with Crippen molar-refractivity contribution in [1.29, 1.82) is 0 Å². The van der Waals surface area contributed by atoms with Crippen molar-refractivity contribution in [2.45, 2.75) is 27.3 Å². The molecule has 3 rings (SSSR count). The van der Waals surface area contributed by atoms with Crippen LogP contribution in [0.25, 0.3) is 17.0 Å². The molecule has 28 heavy (non-hydrogen) atoms. The fourth-order valence-electron chi connectivity index (χ4n) is 3.58. The van der Waals surface area contributed by atoms with Crippen molar-refractivity contribution < 1.29 is 9.59 Å². The molecule has 1 aliphatic heterocycles. The Bertz CT molecular complexity index is 958. The van der Waals surface area contributed by atoms with Gasteiger partial charge in [-0.25, -0.2) is 0 Å². The van der Waals surface area contributed by atoms with Crippen LogP contribution in [0.5, 0.6) is 0 Å². The minimum Gasteiger partial charge on any atom is -0.342 e. The van der Waals surface area contributed by atoms with Gasteiger partial charge in [-0.05, 0) is 45.1 Å².